The first-order valence-corrected chi connectivity index (χ1v) is 11.4. The summed E-state index contributed by atoms with van der Waals surface area (Å²) in [6.07, 6.45) is 9.84. The zero-order valence-electron chi connectivity index (χ0n) is 18.0. The summed E-state index contributed by atoms with van der Waals surface area (Å²) in [4.78, 5) is 26.2. The average Bonchev–Trinajstić information content (AvgIpc) is 2.61. The second-order valence-corrected chi connectivity index (χ2v) is 11.0. The van der Waals surface area contributed by atoms with Crippen LogP contribution in [-0.2, 0) is 14.3 Å². The number of likely N-dealkylation sites (tertiary alicyclic amines) is 1. The van der Waals surface area contributed by atoms with Crippen molar-refractivity contribution in [2.75, 3.05) is 26.2 Å². The highest BCUT2D eigenvalue weighted by Crippen LogP contribution is 2.67. The van der Waals surface area contributed by atoms with E-state index in [1.165, 1.54) is 38.5 Å². The van der Waals surface area contributed by atoms with Crippen LogP contribution in [0.4, 0.5) is 0 Å². The topological polar surface area (TPSA) is 58.6 Å². The predicted octanol–water partition coefficient (Wildman–Crippen LogP) is 3.52. The van der Waals surface area contributed by atoms with Crippen LogP contribution in [0.25, 0.3) is 0 Å². The average molecular weight is 391 g/mol. The van der Waals surface area contributed by atoms with Crippen LogP contribution in [0.15, 0.2) is 0 Å². The largest absolute Gasteiger partial charge is 0.373 e. The van der Waals surface area contributed by atoms with E-state index < -0.39 is 0 Å². The van der Waals surface area contributed by atoms with E-state index in [1.54, 1.807) is 0 Å². The summed E-state index contributed by atoms with van der Waals surface area (Å²) in [7, 11) is 0. The molecule has 0 aromatic heterocycles. The van der Waals surface area contributed by atoms with Crippen molar-refractivity contribution in [3.05, 3.63) is 0 Å². The van der Waals surface area contributed by atoms with Crippen LogP contribution in [0.3, 0.4) is 0 Å². The van der Waals surface area contributed by atoms with Crippen molar-refractivity contribution in [3.8, 4) is 0 Å². The fourth-order valence-corrected chi connectivity index (χ4v) is 7.70. The van der Waals surface area contributed by atoms with Crippen molar-refractivity contribution in [2.24, 2.45) is 22.7 Å². The van der Waals surface area contributed by atoms with Crippen LogP contribution in [-0.4, -0.2) is 48.6 Å². The Kier molecular flexibility index (Phi) is 5.26. The van der Waals surface area contributed by atoms with Crippen LogP contribution in [0.1, 0.15) is 78.6 Å². The summed E-state index contributed by atoms with van der Waals surface area (Å²) in [6, 6.07) is 0. The molecule has 158 valence electrons. The molecule has 1 heterocycles. The second-order valence-electron chi connectivity index (χ2n) is 11.0. The molecule has 5 nitrogen and oxygen atoms in total. The Bertz CT molecular complexity index is 607. The van der Waals surface area contributed by atoms with Gasteiger partial charge in [0.2, 0.25) is 11.8 Å². The Morgan fingerprint density at radius 2 is 1.68 bits per heavy atom. The second kappa shape index (κ2) is 7.30. The van der Waals surface area contributed by atoms with Gasteiger partial charge >= 0.3 is 0 Å². The third-order valence-corrected chi connectivity index (χ3v) is 7.91. The lowest BCUT2D eigenvalue weighted by Crippen LogP contribution is -2.59. The standard InChI is InChI=1S/C23H38N2O3/c1-4-19(26)25-8-5-18(6-9-25)20(27)24-7-10-28-23-13-17-11-21(2,15-23)14-22(3,12-17)16-23/h17-18H,4-16H2,1-3H3,(H,24,27). The first-order valence-electron chi connectivity index (χ1n) is 11.4. The first-order chi connectivity index (χ1) is 13.2. The van der Waals surface area contributed by atoms with E-state index in [4.69, 9.17) is 4.74 Å². The van der Waals surface area contributed by atoms with Gasteiger partial charge in [-0.25, -0.2) is 0 Å². The van der Waals surface area contributed by atoms with Crippen molar-refractivity contribution >= 4 is 11.8 Å². The van der Waals surface area contributed by atoms with Gasteiger partial charge in [-0.2, -0.15) is 0 Å². The molecule has 1 N–H and O–H groups in total. The zero-order chi connectivity index (χ0) is 20.0. The number of piperidine rings is 1. The third-order valence-electron chi connectivity index (χ3n) is 7.91. The summed E-state index contributed by atoms with van der Waals surface area (Å²) in [5.74, 6) is 1.21. The minimum Gasteiger partial charge on any atom is -0.373 e. The molecule has 4 bridgehead atoms. The normalized spacial score (nSPS) is 40.0. The molecule has 0 aromatic rings. The predicted molar refractivity (Wildman–Crippen MR) is 109 cm³/mol. The van der Waals surface area contributed by atoms with E-state index in [9.17, 15) is 9.59 Å². The fraction of sp³-hybridized carbons (Fsp3) is 0.913. The van der Waals surface area contributed by atoms with E-state index >= 15 is 0 Å². The Labute approximate surface area is 169 Å². The molecule has 5 rings (SSSR count). The molecule has 28 heavy (non-hydrogen) atoms. The molecular formula is C23H38N2O3. The van der Waals surface area contributed by atoms with Crippen molar-refractivity contribution in [3.63, 3.8) is 0 Å². The minimum absolute atomic E-state index is 0.0401. The minimum atomic E-state index is 0.0401. The Morgan fingerprint density at radius 3 is 2.25 bits per heavy atom. The van der Waals surface area contributed by atoms with Crippen LogP contribution in [0.5, 0.6) is 0 Å². The monoisotopic (exact) mass is 390 g/mol. The molecule has 2 amide bonds. The van der Waals surface area contributed by atoms with E-state index in [0.717, 1.165) is 18.8 Å². The molecule has 2 unspecified atom stereocenters. The summed E-state index contributed by atoms with van der Waals surface area (Å²) in [5, 5.41) is 3.09. The first kappa shape index (κ1) is 20.2. The molecule has 1 aliphatic heterocycles. The third kappa shape index (κ3) is 3.96. The maximum Gasteiger partial charge on any atom is 0.223 e. The van der Waals surface area contributed by atoms with Gasteiger partial charge in [-0.15, -0.1) is 0 Å². The molecule has 0 radical (unpaired) electrons. The zero-order valence-corrected chi connectivity index (χ0v) is 18.0. The number of ether oxygens (including phenoxy) is 1. The number of amides is 2. The fourth-order valence-electron chi connectivity index (χ4n) is 7.70. The van der Waals surface area contributed by atoms with Crippen LogP contribution in [0, 0.1) is 22.7 Å². The molecule has 4 saturated carbocycles. The molecule has 0 spiro atoms. The number of rotatable bonds is 6. The number of nitrogens with zero attached hydrogens (tertiary/aromatic N) is 1. The van der Waals surface area contributed by atoms with Gasteiger partial charge < -0.3 is 15.0 Å². The van der Waals surface area contributed by atoms with Gasteiger partial charge in [0.25, 0.3) is 0 Å². The molecule has 4 aliphatic carbocycles. The highest BCUT2D eigenvalue weighted by atomic mass is 16.5. The number of hydrogen-bond acceptors (Lipinski definition) is 3. The van der Waals surface area contributed by atoms with Gasteiger partial charge in [0.05, 0.1) is 12.2 Å². The smallest absolute Gasteiger partial charge is 0.223 e. The maximum atomic E-state index is 12.5. The maximum absolute atomic E-state index is 12.5. The van der Waals surface area contributed by atoms with Gasteiger partial charge in [-0.05, 0) is 68.1 Å². The molecule has 5 heteroatoms. The van der Waals surface area contributed by atoms with Crippen molar-refractivity contribution < 1.29 is 14.3 Å². The van der Waals surface area contributed by atoms with E-state index in [0.29, 0.717) is 43.5 Å². The quantitative estimate of drug-likeness (QED) is 0.706. The van der Waals surface area contributed by atoms with Gasteiger partial charge in [0.15, 0.2) is 0 Å². The van der Waals surface area contributed by atoms with Crippen LogP contribution < -0.4 is 5.32 Å². The van der Waals surface area contributed by atoms with Crippen LogP contribution in [0.2, 0.25) is 0 Å². The Morgan fingerprint density at radius 1 is 1.04 bits per heavy atom. The van der Waals surface area contributed by atoms with Gasteiger partial charge in [-0.1, -0.05) is 20.8 Å². The van der Waals surface area contributed by atoms with Gasteiger partial charge in [-0.3, -0.25) is 9.59 Å². The molecule has 2 atom stereocenters. The lowest BCUT2D eigenvalue weighted by Gasteiger charge is -2.65. The lowest BCUT2D eigenvalue weighted by atomic mass is 9.43. The van der Waals surface area contributed by atoms with Crippen molar-refractivity contribution in [1.29, 1.82) is 0 Å². The van der Waals surface area contributed by atoms with Gasteiger partial charge in [0, 0.05) is 32.0 Å². The van der Waals surface area contributed by atoms with E-state index in [-0.39, 0.29) is 23.3 Å². The van der Waals surface area contributed by atoms with E-state index in [2.05, 4.69) is 19.2 Å². The number of hydrogen-bond donors (Lipinski definition) is 1. The molecule has 1 saturated heterocycles. The summed E-state index contributed by atoms with van der Waals surface area (Å²) < 4.78 is 6.51. The lowest BCUT2D eigenvalue weighted by molar-refractivity contribution is -0.213. The van der Waals surface area contributed by atoms with Crippen molar-refractivity contribution in [1.82, 2.24) is 10.2 Å². The van der Waals surface area contributed by atoms with Crippen molar-refractivity contribution in [2.45, 2.75) is 84.2 Å². The Hall–Kier alpha value is -1.10. The number of nitrogens with one attached hydrogen (secondary N) is 1. The van der Waals surface area contributed by atoms with E-state index in [1.807, 2.05) is 11.8 Å². The molecule has 5 aliphatic rings. The molecule has 0 aromatic carbocycles. The summed E-state index contributed by atoms with van der Waals surface area (Å²) in [5.41, 5.74) is 0.974. The summed E-state index contributed by atoms with van der Waals surface area (Å²) in [6.45, 7) is 9.47. The summed E-state index contributed by atoms with van der Waals surface area (Å²) >= 11 is 0. The Balaban J connectivity index is 1.21. The molecular weight excluding hydrogens is 352 g/mol. The molecule has 5 fully saturated rings. The number of carbonyl (C=O) groups is 2. The van der Waals surface area contributed by atoms with Crippen LogP contribution >= 0.6 is 0 Å². The highest BCUT2D eigenvalue weighted by Gasteiger charge is 2.60. The van der Waals surface area contributed by atoms with Gasteiger partial charge in [0.1, 0.15) is 0 Å². The highest BCUT2D eigenvalue weighted by molar-refractivity contribution is 5.80. The number of carbonyl (C=O) groups excluding carboxylic acids is 2. The SMILES string of the molecule is CCC(=O)N1CCC(C(=O)NCCOC23CC4CC(C)(CC(C)(C4)C2)C3)CC1.